The summed E-state index contributed by atoms with van der Waals surface area (Å²) < 4.78 is 5.75. The fraction of sp³-hybridized carbons (Fsp3) is 0.148. The maximum atomic E-state index is 13.3. The molecule has 1 amide bonds. The van der Waals surface area contributed by atoms with Crippen LogP contribution in [0.3, 0.4) is 0 Å². The molecule has 1 N–H and O–H groups in total. The summed E-state index contributed by atoms with van der Waals surface area (Å²) in [6, 6.07) is 18.9. The van der Waals surface area contributed by atoms with Crippen LogP contribution in [0.1, 0.15) is 36.1 Å². The predicted molar refractivity (Wildman–Crippen MR) is 135 cm³/mol. The highest BCUT2D eigenvalue weighted by atomic mass is 35.5. The molecule has 1 aliphatic heterocycles. The second-order valence-electron chi connectivity index (χ2n) is 7.88. The fourth-order valence-corrected chi connectivity index (χ4v) is 4.20. The summed E-state index contributed by atoms with van der Waals surface area (Å²) >= 11 is 12.1. The number of anilines is 1. The number of carbonyl (C=O) groups is 2. The molecule has 1 atom stereocenters. The Balaban J connectivity index is 1.92. The minimum absolute atomic E-state index is 0.0922. The molecule has 3 aromatic rings. The van der Waals surface area contributed by atoms with Gasteiger partial charge in [-0.3, -0.25) is 14.5 Å². The topological polar surface area (TPSA) is 90.6 Å². The molecule has 1 aliphatic rings. The van der Waals surface area contributed by atoms with Crippen molar-refractivity contribution in [3.8, 4) is 11.8 Å². The van der Waals surface area contributed by atoms with Crippen LogP contribution in [-0.4, -0.2) is 23.4 Å². The van der Waals surface area contributed by atoms with Crippen molar-refractivity contribution in [3.05, 3.63) is 99.0 Å². The van der Waals surface area contributed by atoms with E-state index < -0.39 is 17.7 Å². The van der Waals surface area contributed by atoms with Gasteiger partial charge in [0.05, 0.1) is 39.9 Å². The van der Waals surface area contributed by atoms with Crippen LogP contribution in [0.25, 0.3) is 5.76 Å². The molecule has 0 bridgehead atoms. The zero-order valence-corrected chi connectivity index (χ0v) is 20.2. The van der Waals surface area contributed by atoms with Crippen LogP contribution in [0.4, 0.5) is 5.69 Å². The Morgan fingerprint density at radius 3 is 2.46 bits per heavy atom. The molecule has 0 aromatic heterocycles. The second-order valence-corrected chi connectivity index (χ2v) is 8.69. The largest absolute Gasteiger partial charge is 0.507 e. The van der Waals surface area contributed by atoms with Crippen molar-refractivity contribution >= 4 is 46.3 Å². The lowest BCUT2D eigenvalue weighted by Gasteiger charge is -2.26. The number of rotatable bonds is 6. The van der Waals surface area contributed by atoms with Gasteiger partial charge in [-0.25, -0.2) is 0 Å². The van der Waals surface area contributed by atoms with Crippen LogP contribution in [0.15, 0.2) is 72.3 Å². The van der Waals surface area contributed by atoms with Gasteiger partial charge in [0.2, 0.25) is 0 Å². The van der Waals surface area contributed by atoms with Crippen molar-refractivity contribution in [2.24, 2.45) is 0 Å². The van der Waals surface area contributed by atoms with Crippen molar-refractivity contribution in [1.29, 1.82) is 5.26 Å². The van der Waals surface area contributed by atoms with Gasteiger partial charge in [-0.05, 0) is 66.6 Å². The van der Waals surface area contributed by atoms with E-state index in [1.54, 1.807) is 48.5 Å². The average molecular weight is 507 g/mol. The number of hydrogen-bond donors (Lipinski definition) is 1. The van der Waals surface area contributed by atoms with Gasteiger partial charge in [-0.2, -0.15) is 5.26 Å². The molecule has 8 heteroatoms. The molecule has 0 spiro atoms. The summed E-state index contributed by atoms with van der Waals surface area (Å²) in [7, 11) is 0. The van der Waals surface area contributed by atoms with E-state index in [-0.39, 0.29) is 21.9 Å². The van der Waals surface area contributed by atoms with Crippen LogP contribution in [0.2, 0.25) is 10.0 Å². The van der Waals surface area contributed by atoms with E-state index in [0.29, 0.717) is 34.2 Å². The first-order valence-electron chi connectivity index (χ1n) is 10.8. The molecule has 1 fully saturated rings. The summed E-state index contributed by atoms with van der Waals surface area (Å²) in [6.07, 6.45) is 0.811. The maximum Gasteiger partial charge on any atom is 0.300 e. The van der Waals surface area contributed by atoms with Crippen LogP contribution in [-0.2, 0) is 9.59 Å². The molecule has 1 unspecified atom stereocenters. The number of aliphatic hydroxyl groups is 1. The first-order chi connectivity index (χ1) is 16.8. The molecule has 0 saturated carbocycles. The van der Waals surface area contributed by atoms with Crippen LogP contribution in [0, 0.1) is 11.3 Å². The Kier molecular flexibility index (Phi) is 7.11. The van der Waals surface area contributed by atoms with E-state index in [4.69, 9.17) is 33.2 Å². The van der Waals surface area contributed by atoms with Crippen molar-refractivity contribution in [2.45, 2.75) is 19.4 Å². The van der Waals surface area contributed by atoms with E-state index in [0.717, 1.165) is 6.42 Å². The quantitative estimate of drug-likeness (QED) is 0.241. The Bertz CT molecular complexity index is 1380. The number of amides is 1. The summed E-state index contributed by atoms with van der Waals surface area (Å²) in [6.45, 7) is 2.49. The number of ketones is 1. The number of halogens is 2. The number of nitrogens with zero attached hydrogens (tertiary/aromatic N) is 2. The van der Waals surface area contributed by atoms with Gasteiger partial charge in [-0.1, -0.05) is 42.3 Å². The van der Waals surface area contributed by atoms with E-state index >= 15 is 0 Å². The molecule has 6 nitrogen and oxygen atoms in total. The smallest absolute Gasteiger partial charge is 0.300 e. The SMILES string of the molecule is CCCOc1cccc(C2/C(=C(/O)c3ccc(Cl)c(Cl)c3)C(=O)C(=O)N2c2ccc(C#N)cc2)c1. The lowest BCUT2D eigenvalue weighted by Crippen LogP contribution is -2.29. The number of benzene rings is 3. The number of ether oxygens (including phenoxy) is 1. The number of nitriles is 1. The number of hydrogen-bond acceptors (Lipinski definition) is 5. The highest BCUT2D eigenvalue weighted by molar-refractivity contribution is 6.51. The van der Waals surface area contributed by atoms with Gasteiger partial charge in [0.25, 0.3) is 11.7 Å². The predicted octanol–water partition coefficient (Wildman–Crippen LogP) is 6.28. The zero-order valence-electron chi connectivity index (χ0n) is 18.7. The van der Waals surface area contributed by atoms with Crippen molar-refractivity contribution in [2.75, 3.05) is 11.5 Å². The van der Waals surface area contributed by atoms with Gasteiger partial charge >= 0.3 is 0 Å². The number of carbonyl (C=O) groups excluding carboxylic acids is 2. The summed E-state index contributed by atoms with van der Waals surface area (Å²) in [5.41, 5.74) is 1.55. The lowest BCUT2D eigenvalue weighted by atomic mass is 9.95. The minimum Gasteiger partial charge on any atom is -0.507 e. The Hall–Kier alpha value is -3.79. The van der Waals surface area contributed by atoms with Crippen LogP contribution >= 0.6 is 23.2 Å². The average Bonchev–Trinajstić information content (AvgIpc) is 3.14. The molecule has 4 rings (SSSR count). The second kappa shape index (κ2) is 10.2. The lowest BCUT2D eigenvalue weighted by molar-refractivity contribution is -0.132. The number of Topliss-reactive ketones (excluding diaryl/α,β-unsaturated/α-hetero) is 1. The Labute approximate surface area is 212 Å². The zero-order chi connectivity index (χ0) is 25.1. The Morgan fingerprint density at radius 2 is 1.80 bits per heavy atom. The van der Waals surface area contributed by atoms with Gasteiger partial charge in [-0.15, -0.1) is 0 Å². The van der Waals surface area contributed by atoms with Crippen molar-refractivity contribution in [3.63, 3.8) is 0 Å². The maximum absolute atomic E-state index is 13.3. The van der Waals surface area contributed by atoms with Crippen LogP contribution in [0.5, 0.6) is 5.75 Å². The highest BCUT2D eigenvalue weighted by Crippen LogP contribution is 2.43. The van der Waals surface area contributed by atoms with Crippen molar-refractivity contribution in [1.82, 2.24) is 0 Å². The van der Waals surface area contributed by atoms with Gasteiger partial charge in [0.1, 0.15) is 11.5 Å². The summed E-state index contributed by atoms with van der Waals surface area (Å²) in [5, 5.41) is 20.8. The first kappa shape index (κ1) is 24.3. The molecular weight excluding hydrogens is 487 g/mol. The molecule has 1 heterocycles. The monoisotopic (exact) mass is 506 g/mol. The van der Waals surface area contributed by atoms with E-state index in [9.17, 15) is 14.7 Å². The van der Waals surface area contributed by atoms with Gasteiger partial charge in [0.15, 0.2) is 0 Å². The Morgan fingerprint density at radius 1 is 1.06 bits per heavy atom. The molecule has 0 radical (unpaired) electrons. The molecule has 35 heavy (non-hydrogen) atoms. The summed E-state index contributed by atoms with van der Waals surface area (Å²) in [4.78, 5) is 27.8. The van der Waals surface area contributed by atoms with E-state index in [1.165, 1.54) is 23.1 Å². The minimum atomic E-state index is -0.942. The van der Waals surface area contributed by atoms with E-state index in [1.807, 2.05) is 13.0 Å². The third-order valence-corrected chi connectivity index (χ3v) is 6.30. The first-order valence-corrected chi connectivity index (χ1v) is 11.6. The van der Waals surface area contributed by atoms with Gasteiger partial charge in [0, 0.05) is 11.3 Å². The molecule has 176 valence electrons. The summed E-state index contributed by atoms with van der Waals surface area (Å²) in [5.74, 6) is -1.45. The standard InChI is InChI=1S/C27H20Cl2N2O4/c1-2-12-35-20-5-3-4-17(13-20)24-23(25(32)18-8-11-21(28)22(29)14-18)26(33)27(34)31(24)19-9-6-16(15-30)7-10-19/h3-11,13-14,24,32H,2,12H2,1H3/b25-23-. The molecule has 0 aliphatic carbocycles. The normalized spacial score (nSPS) is 16.9. The molecule has 3 aromatic carbocycles. The number of aliphatic hydroxyl groups excluding tert-OH is 1. The fourth-order valence-electron chi connectivity index (χ4n) is 3.90. The highest BCUT2D eigenvalue weighted by Gasteiger charge is 2.47. The molecule has 1 saturated heterocycles. The van der Waals surface area contributed by atoms with Gasteiger partial charge < -0.3 is 9.84 Å². The third-order valence-electron chi connectivity index (χ3n) is 5.56. The van der Waals surface area contributed by atoms with Crippen LogP contribution < -0.4 is 9.64 Å². The van der Waals surface area contributed by atoms with Crippen molar-refractivity contribution < 1.29 is 19.4 Å². The van der Waals surface area contributed by atoms with E-state index in [2.05, 4.69) is 0 Å². The third kappa shape index (κ3) is 4.74. The molecular formula is C27H20Cl2N2O4.